The second-order valence-electron chi connectivity index (χ2n) is 6.54. The molecule has 0 fully saturated rings. The SMILES string of the molecule is CC(C)(NC(=O)c1cc(C(F)(F)F)[nH]n1)c1cc(C(F)(F)F)cc(C(F)(F)F)c1. The summed E-state index contributed by atoms with van der Waals surface area (Å²) in [5, 5.41) is 6.82. The van der Waals surface area contributed by atoms with Crippen molar-refractivity contribution >= 4 is 5.91 Å². The zero-order valence-corrected chi connectivity index (χ0v) is 14.6. The molecule has 2 aromatic rings. The molecule has 1 aromatic carbocycles. The van der Waals surface area contributed by atoms with Crippen LogP contribution in [0.3, 0.4) is 0 Å². The van der Waals surface area contributed by atoms with Crippen molar-refractivity contribution in [2.45, 2.75) is 37.9 Å². The van der Waals surface area contributed by atoms with Crippen LogP contribution in [0.2, 0.25) is 0 Å². The number of amides is 1. The fraction of sp³-hybridized carbons (Fsp3) is 0.375. The van der Waals surface area contributed by atoms with E-state index in [0.29, 0.717) is 18.2 Å². The molecule has 0 atom stereocenters. The minimum absolute atomic E-state index is 0.0787. The maximum Gasteiger partial charge on any atom is 0.432 e. The van der Waals surface area contributed by atoms with Crippen LogP contribution in [0.5, 0.6) is 0 Å². The minimum Gasteiger partial charge on any atom is -0.342 e. The Bertz CT molecular complexity index is 875. The van der Waals surface area contributed by atoms with Crippen LogP contribution in [0.25, 0.3) is 0 Å². The van der Waals surface area contributed by atoms with E-state index >= 15 is 0 Å². The topological polar surface area (TPSA) is 57.8 Å². The normalized spacial score (nSPS) is 13.5. The van der Waals surface area contributed by atoms with Gasteiger partial charge in [0.05, 0.1) is 16.7 Å². The first-order chi connectivity index (χ1) is 12.9. The van der Waals surface area contributed by atoms with E-state index in [-0.39, 0.29) is 6.07 Å². The van der Waals surface area contributed by atoms with Gasteiger partial charge in [-0.05, 0) is 37.6 Å². The van der Waals surface area contributed by atoms with Gasteiger partial charge >= 0.3 is 18.5 Å². The number of halogens is 9. The third-order valence-electron chi connectivity index (χ3n) is 3.85. The van der Waals surface area contributed by atoms with Crippen LogP contribution in [-0.4, -0.2) is 16.1 Å². The Kier molecular flexibility index (Phi) is 5.41. The Labute approximate surface area is 157 Å². The summed E-state index contributed by atoms with van der Waals surface area (Å²) in [4.78, 5) is 12.1. The second-order valence-corrected chi connectivity index (χ2v) is 6.54. The van der Waals surface area contributed by atoms with Crippen molar-refractivity contribution in [3.8, 4) is 0 Å². The smallest absolute Gasteiger partial charge is 0.342 e. The third-order valence-corrected chi connectivity index (χ3v) is 3.85. The molecule has 2 rings (SSSR count). The van der Waals surface area contributed by atoms with Crippen LogP contribution >= 0.6 is 0 Å². The highest BCUT2D eigenvalue weighted by Gasteiger charge is 2.39. The predicted octanol–water partition coefficient (Wildman–Crippen LogP) is 5.13. The molecule has 0 aliphatic rings. The van der Waals surface area contributed by atoms with Gasteiger partial charge in [-0.2, -0.15) is 44.6 Å². The average Bonchev–Trinajstić information content (AvgIpc) is 3.02. The molecule has 4 nitrogen and oxygen atoms in total. The van der Waals surface area contributed by atoms with E-state index in [1.54, 1.807) is 5.10 Å². The molecule has 0 bridgehead atoms. The summed E-state index contributed by atoms with van der Waals surface area (Å²) >= 11 is 0. The number of aromatic nitrogens is 2. The van der Waals surface area contributed by atoms with E-state index in [0.717, 1.165) is 13.8 Å². The lowest BCUT2D eigenvalue weighted by atomic mass is 9.90. The summed E-state index contributed by atoms with van der Waals surface area (Å²) in [6.45, 7) is 2.19. The number of H-pyrrole nitrogens is 1. The molecule has 1 amide bonds. The maximum atomic E-state index is 13.0. The number of hydrogen-bond donors (Lipinski definition) is 2. The molecule has 1 heterocycles. The Hall–Kier alpha value is -2.73. The molecule has 2 N–H and O–H groups in total. The standard InChI is InChI=1S/C16H12F9N3O/c1-13(2,26-12(29)10-6-11(28-27-10)16(23,24)25)7-3-8(14(17,18)19)5-9(4-7)15(20,21)22/h3-6H,1-2H3,(H,26,29)(H,27,28). The van der Waals surface area contributed by atoms with Gasteiger partial charge in [-0.1, -0.05) is 0 Å². The van der Waals surface area contributed by atoms with Crippen LogP contribution in [0.15, 0.2) is 24.3 Å². The number of carbonyl (C=O) groups is 1. The van der Waals surface area contributed by atoms with Gasteiger partial charge < -0.3 is 5.32 Å². The van der Waals surface area contributed by atoms with Crippen molar-refractivity contribution in [3.05, 3.63) is 52.3 Å². The monoisotopic (exact) mass is 433 g/mol. The molecule has 1 aromatic heterocycles. The number of hydrogen-bond acceptors (Lipinski definition) is 2. The number of nitrogens with zero attached hydrogens (tertiary/aromatic N) is 1. The van der Waals surface area contributed by atoms with Gasteiger partial charge in [-0.15, -0.1) is 0 Å². The van der Waals surface area contributed by atoms with Crippen molar-refractivity contribution in [2.24, 2.45) is 0 Å². The van der Waals surface area contributed by atoms with Crippen LogP contribution in [0.4, 0.5) is 39.5 Å². The van der Waals surface area contributed by atoms with Crippen molar-refractivity contribution in [1.29, 1.82) is 0 Å². The first-order valence-corrected chi connectivity index (χ1v) is 7.66. The molecular weight excluding hydrogens is 421 g/mol. The lowest BCUT2D eigenvalue weighted by Crippen LogP contribution is -2.41. The Balaban J connectivity index is 2.41. The summed E-state index contributed by atoms with van der Waals surface area (Å²) in [6.07, 6.45) is -15.0. The number of nitrogens with one attached hydrogen (secondary N) is 2. The molecule has 13 heteroatoms. The van der Waals surface area contributed by atoms with E-state index in [1.165, 1.54) is 0 Å². The first-order valence-electron chi connectivity index (χ1n) is 7.66. The number of benzene rings is 1. The minimum atomic E-state index is -5.10. The average molecular weight is 433 g/mol. The Morgan fingerprint density at radius 2 is 1.24 bits per heavy atom. The van der Waals surface area contributed by atoms with Gasteiger partial charge in [0.15, 0.2) is 5.69 Å². The van der Waals surface area contributed by atoms with Crippen LogP contribution < -0.4 is 5.32 Å². The van der Waals surface area contributed by atoms with E-state index in [9.17, 15) is 44.3 Å². The van der Waals surface area contributed by atoms with Crippen molar-refractivity contribution in [2.75, 3.05) is 0 Å². The van der Waals surface area contributed by atoms with Gasteiger partial charge in [0.2, 0.25) is 0 Å². The molecule has 0 unspecified atom stereocenters. The maximum absolute atomic E-state index is 13.0. The van der Waals surface area contributed by atoms with Gasteiger partial charge in [0, 0.05) is 6.07 Å². The highest BCUT2D eigenvalue weighted by molar-refractivity contribution is 5.93. The molecule has 0 radical (unpaired) electrons. The number of rotatable bonds is 3. The molecular formula is C16H12F9N3O. The van der Waals surface area contributed by atoms with E-state index in [4.69, 9.17) is 0 Å². The summed E-state index contributed by atoms with van der Waals surface area (Å²) in [7, 11) is 0. The number of aromatic amines is 1. The number of alkyl halides is 9. The molecule has 0 aliphatic carbocycles. The largest absolute Gasteiger partial charge is 0.432 e. The predicted molar refractivity (Wildman–Crippen MR) is 80.5 cm³/mol. The quantitative estimate of drug-likeness (QED) is 0.660. The fourth-order valence-electron chi connectivity index (χ4n) is 2.32. The Morgan fingerprint density at radius 3 is 1.62 bits per heavy atom. The highest BCUT2D eigenvalue weighted by atomic mass is 19.4. The number of carbonyl (C=O) groups excluding carboxylic acids is 1. The zero-order valence-electron chi connectivity index (χ0n) is 14.6. The van der Waals surface area contributed by atoms with E-state index < -0.39 is 58.1 Å². The third kappa shape index (κ3) is 5.21. The van der Waals surface area contributed by atoms with E-state index in [1.807, 2.05) is 0 Å². The van der Waals surface area contributed by atoms with Gasteiger partial charge in [-0.25, -0.2) is 0 Å². The van der Waals surface area contributed by atoms with E-state index in [2.05, 4.69) is 10.4 Å². The Morgan fingerprint density at radius 1 is 0.793 bits per heavy atom. The van der Waals surface area contributed by atoms with Gasteiger partial charge in [-0.3, -0.25) is 9.89 Å². The van der Waals surface area contributed by atoms with Crippen LogP contribution in [0.1, 0.15) is 46.7 Å². The molecule has 0 saturated carbocycles. The molecule has 160 valence electrons. The van der Waals surface area contributed by atoms with Crippen LogP contribution in [-0.2, 0) is 24.1 Å². The zero-order chi connectivity index (χ0) is 22.4. The second kappa shape index (κ2) is 6.95. The van der Waals surface area contributed by atoms with Gasteiger partial charge in [0.1, 0.15) is 5.69 Å². The lowest BCUT2D eigenvalue weighted by Gasteiger charge is -2.28. The van der Waals surface area contributed by atoms with Crippen LogP contribution in [0, 0.1) is 0 Å². The summed E-state index contributed by atoms with van der Waals surface area (Å²) in [6, 6.07) is 1.12. The summed E-state index contributed by atoms with van der Waals surface area (Å²) < 4.78 is 116. The van der Waals surface area contributed by atoms with Gasteiger partial charge in [0.25, 0.3) is 5.91 Å². The highest BCUT2D eigenvalue weighted by Crippen LogP contribution is 2.38. The molecule has 0 spiro atoms. The lowest BCUT2D eigenvalue weighted by molar-refractivity contribution is -0.143. The van der Waals surface area contributed by atoms with Crippen molar-refractivity contribution in [1.82, 2.24) is 15.5 Å². The fourth-order valence-corrected chi connectivity index (χ4v) is 2.32. The first kappa shape index (κ1) is 22.6. The molecule has 0 saturated heterocycles. The molecule has 0 aliphatic heterocycles. The summed E-state index contributed by atoms with van der Waals surface area (Å²) in [5.74, 6) is -1.23. The van der Waals surface area contributed by atoms with Crippen molar-refractivity contribution < 1.29 is 44.3 Å². The van der Waals surface area contributed by atoms with Crippen molar-refractivity contribution in [3.63, 3.8) is 0 Å². The summed E-state index contributed by atoms with van der Waals surface area (Å²) in [5.41, 5.74) is -7.64. The molecule has 29 heavy (non-hydrogen) atoms.